The summed E-state index contributed by atoms with van der Waals surface area (Å²) in [7, 11) is 1.22. The van der Waals surface area contributed by atoms with Gasteiger partial charge in [0, 0.05) is 23.5 Å². The summed E-state index contributed by atoms with van der Waals surface area (Å²) >= 11 is 0. The third-order valence-corrected chi connectivity index (χ3v) is 5.44. The van der Waals surface area contributed by atoms with Gasteiger partial charge in [-0.3, -0.25) is 19.3 Å². The van der Waals surface area contributed by atoms with Crippen molar-refractivity contribution >= 4 is 34.6 Å². The Kier molecular flexibility index (Phi) is 5.29. The largest absolute Gasteiger partial charge is 0.467 e. The molecular formula is C23H21N3O5. The van der Waals surface area contributed by atoms with E-state index >= 15 is 0 Å². The molecule has 0 radical (unpaired) electrons. The highest BCUT2D eigenvalue weighted by molar-refractivity contribution is 6.23. The molecule has 2 atom stereocenters. The number of hydrogen-bond acceptors (Lipinski definition) is 5. The second-order valence-electron chi connectivity index (χ2n) is 7.36. The van der Waals surface area contributed by atoms with Gasteiger partial charge in [-0.2, -0.15) is 0 Å². The molecule has 1 aliphatic heterocycles. The van der Waals surface area contributed by atoms with Crippen LogP contribution in [0.2, 0.25) is 0 Å². The number of amides is 3. The van der Waals surface area contributed by atoms with Crippen LogP contribution in [0.5, 0.6) is 0 Å². The molecule has 0 saturated heterocycles. The quantitative estimate of drug-likeness (QED) is 0.470. The van der Waals surface area contributed by atoms with Gasteiger partial charge < -0.3 is 15.0 Å². The van der Waals surface area contributed by atoms with Crippen molar-refractivity contribution in [1.82, 2.24) is 15.2 Å². The van der Waals surface area contributed by atoms with E-state index in [9.17, 15) is 19.2 Å². The minimum Gasteiger partial charge on any atom is -0.467 e. The molecule has 8 nitrogen and oxygen atoms in total. The number of imide groups is 1. The summed E-state index contributed by atoms with van der Waals surface area (Å²) < 4.78 is 4.67. The molecule has 1 aromatic heterocycles. The second kappa shape index (κ2) is 8.06. The zero-order chi connectivity index (χ0) is 22.1. The van der Waals surface area contributed by atoms with Crippen molar-refractivity contribution in [2.24, 2.45) is 0 Å². The Morgan fingerprint density at radius 1 is 1.03 bits per heavy atom. The summed E-state index contributed by atoms with van der Waals surface area (Å²) in [6.07, 6.45) is 1.85. The molecule has 0 saturated carbocycles. The van der Waals surface area contributed by atoms with Crippen molar-refractivity contribution in [3.63, 3.8) is 0 Å². The summed E-state index contributed by atoms with van der Waals surface area (Å²) in [6.45, 7) is 1.48. The number of hydrogen-bond donors (Lipinski definition) is 2. The van der Waals surface area contributed by atoms with Crippen molar-refractivity contribution in [3.05, 3.63) is 71.4 Å². The van der Waals surface area contributed by atoms with Gasteiger partial charge in [-0.05, 0) is 30.7 Å². The van der Waals surface area contributed by atoms with E-state index in [1.165, 1.54) is 14.0 Å². The van der Waals surface area contributed by atoms with Gasteiger partial charge in [-0.1, -0.05) is 30.3 Å². The lowest BCUT2D eigenvalue weighted by Crippen LogP contribution is -2.53. The number of benzene rings is 2. The topological polar surface area (TPSA) is 109 Å². The van der Waals surface area contributed by atoms with Crippen LogP contribution in [0.25, 0.3) is 10.9 Å². The van der Waals surface area contributed by atoms with Crippen LogP contribution < -0.4 is 5.32 Å². The normalized spacial score (nSPS) is 15.0. The summed E-state index contributed by atoms with van der Waals surface area (Å²) in [6, 6.07) is 11.9. The maximum absolute atomic E-state index is 13.2. The van der Waals surface area contributed by atoms with E-state index in [4.69, 9.17) is 0 Å². The number of methoxy groups -OCH3 is 1. The van der Waals surface area contributed by atoms with Gasteiger partial charge in [-0.15, -0.1) is 0 Å². The van der Waals surface area contributed by atoms with E-state index in [1.54, 1.807) is 30.5 Å². The van der Waals surface area contributed by atoms with Gasteiger partial charge in [0.05, 0.1) is 18.2 Å². The first-order valence-electron chi connectivity index (χ1n) is 9.82. The second-order valence-corrected chi connectivity index (χ2v) is 7.36. The number of ether oxygens (including phenoxy) is 1. The average Bonchev–Trinajstić information content (AvgIpc) is 3.30. The lowest BCUT2D eigenvalue weighted by Gasteiger charge is -2.26. The molecule has 2 heterocycles. The van der Waals surface area contributed by atoms with Crippen LogP contribution in [0.3, 0.4) is 0 Å². The molecule has 0 bridgehead atoms. The van der Waals surface area contributed by atoms with Gasteiger partial charge in [0.25, 0.3) is 11.8 Å². The van der Waals surface area contributed by atoms with Crippen LogP contribution in [-0.2, 0) is 20.7 Å². The Hall–Kier alpha value is -3.94. The minimum absolute atomic E-state index is 0.0925. The number of carbonyl (C=O) groups is 4. The minimum atomic E-state index is -1.14. The Balaban J connectivity index is 1.71. The third kappa shape index (κ3) is 3.56. The van der Waals surface area contributed by atoms with Crippen molar-refractivity contribution in [1.29, 1.82) is 0 Å². The Morgan fingerprint density at radius 3 is 2.29 bits per heavy atom. The molecule has 31 heavy (non-hydrogen) atoms. The molecular weight excluding hydrogens is 398 g/mol. The zero-order valence-electron chi connectivity index (χ0n) is 17.0. The number of fused-ring (bicyclic) bond motifs is 2. The molecule has 3 amide bonds. The first-order chi connectivity index (χ1) is 14.9. The van der Waals surface area contributed by atoms with Crippen LogP contribution in [-0.4, -0.2) is 52.8 Å². The number of aromatic amines is 1. The summed E-state index contributed by atoms with van der Waals surface area (Å²) in [4.78, 5) is 55.2. The van der Waals surface area contributed by atoms with Crippen LogP contribution >= 0.6 is 0 Å². The standard InChI is InChI=1S/C23H21N3O5/c1-13(23(30)31-2)25-20(27)19(11-14-12-24-18-10-6-5-7-15(14)18)26-21(28)16-8-3-4-9-17(16)22(26)29/h3-10,12-13,19,24H,11H2,1-2H3,(H,25,27)/t13-,19+/m0/s1. The number of esters is 1. The highest BCUT2D eigenvalue weighted by atomic mass is 16.5. The average molecular weight is 419 g/mol. The van der Waals surface area contributed by atoms with E-state index in [0.717, 1.165) is 21.4 Å². The monoisotopic (exact) mass is 419 g/mol. The smallest absolute Gasteiger partial charge is 0.328 e. The number of carbonyl (C=O) groups excluding carboxylic acids is 4. The molecule has 0 spiro atoms. The Morgan fingerprint density at radius 2 is 1.65 bits per heavy atom. The van der Waals surface area contributed by atoms with E-state index in [-0.39, 0.29) is 17.5 Å². The van der Waals surface area contributed by atoms with Crippen LogP contribution in [0.4, 0.5) is 0 Å². The van der Waals surface area contributed by atoms with Crippen LogP contribution in [0.1, 0.15) is 33.2 Å². The molecule has 158 valence electrons. The lowest BCUT2D eigenvalue weighted by molar-refractivity contribution is -0.144. The molecule has 1 aliphatic rings. The SMILES string of the molecule is COC(=O)[C@H](C)NC(=O)[C@@H](Cc1c[nH]c2ccccc12)N1C(=O)c2ccccc2C1=O. The Labute approximate surface area is 178 Å². The van der Waals surface area contributed by atoms with E-state index in [0.29, 0.717) is 0 Å². The first kappa shape index (κ1) is 20.3. The summed E-state index contributed by atoms with van der Waals surface area (Å²) in [5.74, 6) is -2.31. The Bertz CT molecular complexity index is 1160. The third-order valence-electron chi connectivity index (χ3n) is 5.44. The van der Waals surface area contributed by atoms with Crippen LogP contribution in [0.15, 0.2) is 54.7 Å². The molecule has 2 aromatic carbocycles. The van der Waals surface area contributed by atoms with Crippen molar-refractivity contribution in [2.45, 2.75) is 25.4 Å². The van der Waals surface area contributed by atoms with Crippen molar-refractivity contribution in [3.8, 4) is 0 Å². The highest BCUT2D eigenvalue weighted by Gasteiger charge is 2.43. The fourth-order valence-corrected chi connectivity index (χ4v) is 3.85. The van der Waals surface area contributed by atoms with Gasteiger partial charge in [0.15, 0.2) is 0 Å². The van der Waals surface area contributed by atoms with Gasteiger partial charge in [0.1, 0.15) is 12.1 Å². The molecule has 4 rings (SSSR count). The maximum atomic E-state index is 13.2. The van der Waals surface area contributed by atoms with E-state index in [2.05, 4.69) is 15.0 Å². The van der Waals surface area contributed by atoms with E-state index in [1.807, 2.05) is 24.3 Å². The van der Waals surface area contributed by atoms with Gasteiger partial charge in [0.2, 0.25) is 5.91 Å². The molecule has 8 heteroatoms. The number of para-hydroxylation sites is 1. The summed E-state index contributed by atoms with van der Waals surface area (Å²) in [5, 5.41) is 3.45. The van der Waals surface area contributed by atoms with E-state index < -0.39 is 35.8 Å². The molecule has 0 unspecified atom stereocenters. The van der Waals surface area contributed by atoms with Crippen LogP contribution in [0, 0.1) is 0 Å². The van der Waals surface area contributed by atoms with Gasteiger partial charge >= 0.3 is 5.97 Å². The molecule has 3 aromatic rings. The fraction of sp³-hybridized carbons (Fsp3) is 0.217. The number of H-pyrrole nitrogens is 1. The van der Waals surface area contributed by atoms with Crippen molar-refractivity contribution < 1.29 is 23.9 Å². The highest BCUT2D eigenvalue weighted by Crippen LogP contribution is 2.28. The lowest BCUT2D eigenvalue weighted by atomic mass is 10.0. The van der Waals surface area contributed by atoms with Gasteiger partial charge in [-0.25, -0.2) is 4.79 Å². The number of nitrogens with zero attached hydrogens (tertiary/aromatic N) is 1. The number of aromatic nitrogens is 1. The van der Waals surface area contributed by atoms with Crippen molar-refractivity contribution in [2.75, 3.05) is 7.11 Å². The predicted molar refractivity (Wildman–Crippen MR) is 112 cm³/mol. The molecule has 0 fully saturated rings. The molecule has 2 N–H and O–H groups in total. The maximum Gasteiger partial charge on any atom is 0.328 e. The number of nitrogens with one attached hydrogen (secondary N) is 2. The number of rotatable bonds is 6. The molecule has 0 aliphatic carbocycles. The summed E-state index contributed by atoms with van der Waals surface area (Å²) in [5.41, 5.74) is 2.16. The zero-order valence-corrected chi connectivity index (χ0v) is 17.0. The first-order valence-corrected chi connectivity index (χ1v) is 9.82. The fourth-order valence-electron chi connectivity index (χ4n) is 3.85. The predicted octanol–water partition coefficient (Wildman–Crippen LogP) is 2.05.